The summed E-state index contributed by atoms with van der Waals surface area (Å²) < 4.78 is -1.05. The molecule has 3 saturated heterocycles. The number of thioether (sulfide) groups is 1. The van der Waals surface area contributed by atoms with Gasteiger partial charge in [-0.15, -0.1) is 11.8 Å². The number of nitrogens with one attached hydrogen (secondary N) is 2. The van der Waals surface area contributed by atoms with E-state index in [4.69, 9.17) is 0 Å². The van der Waals surface area contributed by atoms with Crippen molar-refractivity contribution in [3.63, 3.8) is 0 Å². The standard InChI is InChI=1S/C25H35N3O4S/c1-4-5-9-14-27-22(31)20-25-13-12-24(2,33-25)18(21(30)26-3)19(25)23(32)28(20)17(15-29)16-10-7-6-8-11-16/h6-8,10-11,17-20,29H,4-5,9,12-15H2,1-3H3,(H,26,30)(H,27,31)/t17-,18+,19+,20?,24-,25?/m1/s1. The van der Waals surface area contributed by atoms with Gasteiger partial charge < -0.3 is 20.6 Å². The van der Waals surface area contributed by atoms with Gasteiger partial charge in [0, 0.05) is 18.3 Å². The molecule has 3 N–H and O–H groups in total. The molecule has 2 unspecified atom stereocenters. The maximum Gasteiger partial charge on any atom is 0.244 e. The molecule has 3 amide bonds. The number of amides is 3. The Hall–Kier alpha value is -2.06. The van der Waals surface area contributed by atoms with Crippen molar-refractivity contribution in [1.29, 1.82) is 0 Å². The summed E-state index contributed by atoms with van der Waals surface area (Å²) in [6.45, 7) is 4.44. The van der Waals surface area contributed by atoms with E-state index in [2.05, 4.69) is 24.5 Å². The summed E-state index contributed by atoms with van der Waals surface area (Å²) in [5.41, 5.74) is 0.788. The summed E-state index contributed by atoms with van der Waals surface area (Å²) in [5.74, 6) is -1.59. The zero-order valence-corrected chi connectivity index (χ0v) is 20.5. The number of benzene rings is 1. The predicted octanol–water partition coefficient (Wildman–Crippen LogP) is 2.25. The number of likely N-dealkylation sites (tertiary alicyclic amines) is 1. The molecule has 3 aliphatic heterocycles. The fourth-order valence-electron chi connectivity index (χ4n) is 6.27. The van der Waals surface area contributed by atoms with E-state index in [1.165, 1.54) is 0 Å². The zero-order valence-electron chi connectivity index (χ0n) is 19.7. The average molecular weight is 474 g/mol. The summed E-state index contributed by atoms with van der Waals surface area (Å²) in [4.78, 5) is 42.3. The molecular formula is C25H35N3O4S. The van der Waals surface area contributed by atoms with Crippen LogP contribution in [0.1, 0.15) is 57.6 Å². The van der Waals surface area contributed by atoms with Crippen LogP contribution in [0.15, 0.2) is 30.3 Å². The van der Waals surface area contributed by atoms with Crippen molar-refractivity contribution in [2.45, 2.75) is 67.5 Å². The van der Waals surface area contributed by atoms with Crippen molar-refractivity contribution in [2.24, 2.45) is 11.8 Å². The molecule has 0 aromatic heterocycles. The molecule has 1 aromatic carbocycles. The van der Waals surface area contributed by atoms with E-state index >= 15 is 0 Å². The summed E-state index contributed by atoms with van der Waals surface area (Å²) in [7, 11) is 1.60. The van der Waals surface area contributed by atoms with Crippen LogP contribution in [0, 0.1) is 11.8 Å². The second-order valence-corrected chi connectivity index (χ2v) is 11.6. The van der Waals surface area contributed by atoms with Crippen molar-refractivity contribution >= 4 is 29.5 Å². The van der Waals surface area contributed by atoms with Crippen LogP contribution in [-0.4, -0.2) is 63.5 Å². The average Bonchev–Trinajstić information content (AvgIpc) is 3.38. The van der Waals surface area contributed by atoms with E-state index in [0.717, 1.165) is 31.2 Å². The minimum absolute atomic E-state index is 0.144. The number of rotatable bonds is 9. The number of aliphatic hydroxyl groups is 1. The van der Waals surface area contributed by atoms with Crippen LogP contribution >= 0.6 is 11.8 Å². The van der Waals surface area contributed by atoms with Gasteiger partial charge in [-0.25, -0.2) is 0 Å². The van der Waals surface area contributed by atoms with Crippen molar-refractivity contribution in [2.75, 3.05) is 20.2 Å². The van der Waals surface area contributed by atoms with Gasteiger partial charge in [0.25, 0.3) is 0 Å². The van der Waals surface area contributed by atoms with Gasteiger partial charge in [-0.3, -0.25) is 14.4 Å². The topological polar surface area (TPSA) is 98.7 Å². The third kappa shape index (κ3) is 3.75. The second-order valence-electron chi connectivity index (χ2n) is 9.69. The van der Waals surface area contributed by atoms with Gasteiger partial charge in [-0.2, -0.15) is 0 Å². The van der Waals surface area contributed by atoms with E-state index in [1.807, 2.05) is 30.3 Å². The lowest BCUT2D eigenvalue weighted by molar-refractivity contribution is -0.143. The monoisotopic (exact) mass is 473 g/mol. The van der Waals surface area contributed by atoms with Crippen LogP contribution in [0.5, 0.6) is 0 Å². The highest BCUT2D eigenvalue weighted by Crippen LogP contribution is 2.71. The highest BCUT2D eigenvalue weighted by Gasteiger charge is 2.77. The van der Waals surface area contributed by atoms with Crippen LogP contribution in [0.25, 0.3) is 0 Å². The molecule has 6 atom stereocenters. The second kappa shape index (κ2) is 9.29. The Morgan fingerprint density at radius 3 is 2.58 bits per heavy atom. The number of carbonyl (C=O) groups is 3. The van der Waals surface area contributed by atoms with E-state index < -0.39 is 28.7 Å². The van der Waals surface area contributed by atoms with E-state index in [0.29, 0.717) is 13.0 Å². The highest BCUT2D eigenvalue weighted by molar-refractivity contribution is 8.02. The lowest BCUT2D eigenvalue weighted by Crippen LogP contribution is -2.54. The summed E-state index contributed by atoms with van der Waals surface area (Å²) in [6.07, 6.45) is 4.44. The first kappa shape index (κ1) is 24.1. The van der Waals surface area contributed by atoms with Crippen LogP contribution in [0.2, 0.25) is 0 Å². The lowest BCUT2D eigenvalue weighted by atomic mass is 9.66. The van der Waals surface area contributed by atoms with E-state index in [-0.39, 0.29) is 29.1 Å². The Morgan fingerprint density at radius 1 is 1.21 bits per heavy atom. The van der Waals surface area contributed by atoms with E-state index in [9.17, 15) is 19.5 Å². The molecule has 3 aliphatic rings. The first-order valence-corrected chi connectivity index (χ1v) is 12.8. The first-order chi connectivity index (χ1) is 15.8. The molecular weight excluding hydrogens is 438 g/mol. The first-order valence-electron chi connectivity index (χ1n) is 12.0. The number of hydrogen-bond acceptors (Lipinski definition) is 5. The number of nitrogens with zero attached hydrogens (tertiary/aromatic N) is 1. The quantitative estimate of drug-likeness (QED) is 0.478. The van der Waals surface area contributed by atoms with Crippen LogP contribution in [0.4, 0.5) is 0 Å². The third-order valence-corrected chi connectivity index (χ3v) is 9.75. The van der Waals surface area contributed by atoms with Gasteiger partial charge in [-0.1, -0.05) is 50.1 Å². The molecule has 2 bridgehead atoms. The smallest absolute Gasteiger partial charge is 0.244 e. The Morgan fingerprint density at radius 2 is 1.94 bits per heavy atom. The van der Waals surface area contributed by atoms with Crippen LogP contribution in [0.3, 0.4) is 0 Å². The molecule has 0 radical (unpaired) electrons. The molecule has 3 heterocycles. The molecule has 3 fully saturated rings. The minimum Gasteiger partial charge on any atom is -0.394 e. The number of fused-ring (bicyclic) bond motifs is 1. The number of unbranched alkanes of at least 4 members (excludes halogenated alkanes) is 2. The Labute approximate surface area is 200 Å². The van der Waals surface area contributed by atoms with Gasteiger partial charge in [0.05, 0.1) is 29.2 Å². The van der Waals surface area contributed by atoms with Crippen LogP contribution < -0.4 is 10.6 Å². The Bertz CT molecular complexity index is 912. The van der Waals surface area contributed by atoms with Gasteiger partial charge in [0.1, 0.15) is 6.04 Å². The van der Waals surface area contributed by atoms with E-state index in [1.54, 1.807) is 23.7 Å². The molecule has 180 valence electrons. The lowest BCUT2D eigenvalue weighted by Gasteiger charge is -2.37. The van der Waals surface area contributed by atoms with Gasteiger partial charge in [-0.05, 0) is 31.7 Å². The molecule has 1 spiro atoms. The maximum atomic E-state index is 14.1. The largest absolute Gasteiger partial charge is 0.394 e. The number of hydrogen-bond donors (Lipinski definition) is 3. The van der Waals surface area contributed by atoms with Crippen LogP contribution in [-0.2, 0) is 14.4 Å². The normalized spacial score (nSPS) is 33.2. The fraction of sp³-hybridized carbons (Fsp3) is 0.640. The Balaban J connectivity index is 1.76. The number of carbonyl (C=O) groups excluding carboxylic acids is 3. The Kier molecular flexibility index (Phi) is 6.78. The molecule has 0 aliphatic carbocycles. The number of aliphatic hydroxyl groups excluding tert-OH is 1. The zero-order chi connectivity index (χ0) is 23.8. The van der Waals surface area contributed by atoms with Gasteiger partial charge in [0.15, 0.2) is 0 Å². The highest BCUT2D eigenvalue weighted by atomic mass is 32.2. The van der Waals surface area contributed by atoms with Gasteiger partial charge >= 0.3 is 0 Å². The third-order valence-electron chi connectivity index (χ3n) is 7.76. The molecule has 7 nitrogen and oxygen atoms in total. The van der Waals surface area contributed by atoms with Crippen molar-refractivity contribution < 1.29 is 19.5 Å². The SMILES string of the molecule is CCCCCNC(=O)C1N([C@H](CO)c2ccccc2)C(=O)[C@@H]2[C@@H](C(=O)NC)[C@@]3(C)CCC12S3. The predicted molar refractivity (Wildman–Crippen MR) is 128 cm³/mol. The molecule has 33 heavy (non-hydrogen) atoms. The molecule has 8 heteroatoms. The summed E-state index contributed by atoms with van der Waals surface area (Å²) in [6, 6.07) is 8.00. The molecule has 0 saturated carbocycles. The van der Waals surface area contributed by atoms with Gasteiger partial charge in [0.2, 0.25) is 17.7 Å². The molecule has 4 rings (SSSR count). The molecule has 1 aromatic rings. The van der Waals surface area contributed by atoms with Crippen molar-refractivity contribution in [3.05, 3.63) is 35.9 Å². The van der Waals surface area contributed by atoms with Crippen molar-refractivity contribution in [3.8, 4) is 0 Å². The van der Waals surface area contributed by atoms with Crippen molar-refractivity contribution in [1.82, 2.24) is 15.5 Å². The maximum absolute atomic E-state index is 14.1. The summed E-state index contributed by atoms with van der Waals surface area (Å²) in [5, 5.41) is 16.2. The summed E-state index contributed by atoms with van der Waals surface area (Å²) >= 11 is 1.65. The fourth-order valence-corrected chi connectivity index (χ4v) is 8.61. The minimum atomic E-state index is -0.726.